The first-order chi connectivity index (χ1) is 15.8. The number of rotatable bonds is 4. The second kappa shape index (κ2) is 8.99. The molecule has 0 N–H and O–H groups in total. The molecule has 7 nitrogen and oxygen atoms in total. The van der Waals surface area contributed by atoms with Gasteiger partial charge in [-0.05, 0) is 43.2 Å². The lowest BCUT2D eigenvalue weighted by Gasteiger charge is -2.24. The van der Waals surface area contributed by atoms with E-state index in [0.29, 0.717) is 26.2 Å². The lowest BCUT2D eigenvalue weighted by molar-refractivity contribution is -0.136. The van der Waals surface area contributed by atoms with Crippen LogP contribution in [0.3, 0.4) is 0 Å². The van der Waals surface area contributed by atoms with Gasteiger partial charge in [0, 0.05) is 0 Å². The third-order valence-electron chi connectivity index (χ3n) is 5.45. The van der Waals surface area contributed by atoms with Gasteiger partial charge in [0.05, 0.1) is 41.6 Å². The Bertz CT molecular complexity index is 1440. The first-order valence-electron chi connectivity index (χ1n) is 10.2. The Balaban J connectivity index is 1.92. The van der Waals surface area contributed by atoms with Crippen molar-refractivity contribution in [2.45, 2.75) is 19.9 Å². The lowest BCUT2D eigenvalue weighted by Crippen LogP contribution is -2.39. The van der Waals surface area contributed by atoms with Crippen LogP contribution in [0, 0.1) is 6.92 Å². The van der Waals surface area contributed by atoms with Gasteiger partial charge in [-0.1, -0.05) is 53.3 Å². The number of aryl methyl sites for hydroxylation is 1. The summed E-state index contributed by atoms with van der Waals surface area (Å²) in [5.74, 6) is -1.03. The molecule has 4 rings (SSSR count). The minimum Gasteiger partial charge on any atom is -0.466 e. The van der Waals surface area contributed by atoms with Crippen LogP contribution in [0.25, 0.3) is 6.08 Å². The average molecular weight is 463 g/mol. The SMILES string of the molecule is COC(=O)C1=C(C)N=c2s/c(=C/c3ccc(C)cc3)c(=O)n2[C@H]1c1ccc(C(=O)OC)cc1. The molecular formula is C25H22N2O5S. The van der Waals surface area contributed by atoms with Crippen LogP contribution in [0.5, 0.6) is 0 Å². The highest BCUT2D eigenvalue weighted by Crippen LogP contribution is 2.30. The van der Waals surface area contributed by atoms with Crippen molar-refractivity contribution in [3.63, 3.8) is 0 Å². The predicted octanol–water partition coefficient (Wildman–Crippen LogP) is 2.50. The van der Waals surface area contributed by atoms with E-state index in [4.69, 9.17) is 9.47 Å². The summed E-state index contributed by atoms with van der Waals surface area (Å²) in [5, 5.41) is 0. The van der Waals surface area contributed by atoms with Crippen LogP contribution in [0.1, 0.15) is 40.0 Å². The molecular weight excluding hydrogens is 440 g/mol. The summed E-state index contributed by atoms with van der Waals surface area (Å²) in [6.45, 7) is 3.72. The smallest absolute Gasteiger partial charge is 0.338 e. The maximum atomic E-state index is 13.5. The molecule has 1 atom stereocenters. The zero-order chi connectivity index (χ0) is 23.7. The molecule has 0 saturated carbocycles. The quantitative estimate of drug-likeness (QED) is 0.556. The zero-order valence-corrected chi connectivity index (χ0v) is 19.4. The molecule has 8 heteroatoms. The molecule has 0 aliphatic carbocycles. The van der Waals surface area contributed by atoms with E-state index in [1.165, 1.54) is 30.1 Å². The molecule has 0 saturated heterocycles. The molecule has 33 heavy (non-hydrogen) atoms. The Morgan fingerprint density at radius 3 is 2.21 bits per heavy atom. The summed E-state index contributed by atoms with van der Waals surface area (Å²) in [6.07, 6.45) is 1.82. The summed E-state index contributed by atoms with van der Waals surface area (Å²) in [7, 11) is 2.60. The normalized spacial score (nSPS) is 15.6. The van der Waals surface area contributed by atoms with Crippen molar-refractivity contribution < 1.29 is 19.1 Å². The van der Waals surface area contributed by atoms with Crippen molar-refractivity contribution in [2.75, 3.05) is 14.2 Å². The van der Waals surface area contributed by atoms with Gasteiger partial charge >= 0.3 is 11.9 Å². The minimum atomic E-state index is -0.736. The van der Waals surface area contributed by atoms with E-state index in [-0.39, 0.29) is 11.1 Å². The number of carbonyl (C=O) groups excluding carboxylic acids is 2. The third-order valence-corrected chi connectivity index (χ3v) is 6.43. The maximum absolute atomic E-state index is 13.5. The molecule has 2 heterocycles. The van der Waals surface area contributed by atoms with Gasteiger partial charge in [-0.3, -0.25) is 9.36 Å². The molecule has 3 aromatic rings. The van der Waals surface area contributed by atoms with Gasteiger partial charge < -0.3 is 9.47 Å². The Morgan fingerprint density at radius 1 is 0.970 bits per heavy atom. The number of hydrogen-bond donors (Lipinski definition) is 0. The van der Waals surface area contributed by atoms with Crippen molar-refractivity contribution in [3.8, 4) is 0 Å². The van der Waals surface area contributed by atoms with Crippen molar-refractivity contribution >= 4 is 29.4 Å². The van der Waals surface area contributed by atoms with E-state index in [9.17, 15) is 14.4 Å². The summed E-state index contributed by atoms with van der Waals surface area (Å²) in [5.41, 5.74) is 3.55. The van der Waals surface area contributed by atoms with Gasteiger partial charge in [0.1, 0.15) is 0 Å². The summed E-state index contributed by atoms with van der Waals surface area (Å²) >= 11 is 1.26. The fraction of sp³-hybridized carbons (Fsp3) is 0.200. The number of nitrogens with zero attached hydrogens (tertiary/aromatic N) is 2. The number of benzene rings is 2. The molecule has 0 fully saturated rings. The van der Waals surface area contributed by atoms with E-state index in [2.05, 4.69) is 4.99 Å². The molecule has 168 valence electrons. The summed E-state index contributed by atoms with van der Waals surface area (Å²) < 4.78 is 11.8. The van der Waals surface area contributed by atoms with Crippen LogP contribution in [0.4, 0.5) is 0 Å². The fourth-order valence-electron chi connectivity index (χ4n) is 3.74. The predicted molar refractivity (Wildman–Crippen MR) is 125 cm³/mol. The molecule has 2 aromatic carbocycles. The largest absolute Gasteiger partial charge is 0.466 e. The van der Waals surface area contributed by atoms with Crippen molar-refractivity contribution in [3.05, 3.63) is 102 Å². The van der Waals surface area contributed by atoms with E-state index >= 15 is 0 Å². The molecule has 0 bridgehead atoms. The Hall–Kier alpha value is -3.78. The topological polar surface area (TPSA) is 87.0 Å². The molecule has 0 radical (unpaired) electrons. The molecule has 0 unspecified atom stereocenters. The van der Waals surface area contributed by atoms with Gasteiger partial charge in [-0.2, -0.15) is 0 Å². The number of hydrogen-bond acceptors (Lipinski definition) is 7. The Morgan fingerprint density at radius 2 is 1.61 bits per heavy atom. The van der Waals surface area contributed by atoms with E-state index < -0.39 is 18.0 Å². The van der Waals surface area contributed by atoms with Gasteiger partial charge in [0.2, 0.25) is 0 Å². The minimum absolute atomic E-state index is 0.254. The first-order valence-corrected chi connectivity index (χ1v) is 11.0. The highest BCUT2D eigenvalue weighted by atomic mass is 32.1. The van der Waals surface area contributed by atoms with E-state index in [0.717, 1.165) is 11.1 Å². The highest BCUT2D eigenvalue weighted by molar-refractivity contribution is 7.07. The number of fused-ring (bicyclic) bond motifs is 1. The fourth-order valence-corrected chi connectivity index (χ4v) is 4.79. The Labute approximate surface area is 193 Å². The van der Waals surface area contributed by atoms with Crippen LogP contribution in [-0.2, 0) is 14.3 Å². The third kappa shape index (κ3) is 4.17. The van der Waals surface area contributed by atoms with Crippen LogP contribution in [0.2, 0.25) is 0 Å². The molecule has 1 aliphatic rings. The van der Waals surface area contributed by atoms with Crippen molar-refractivity contribution in [2.24, 2.45) is 4.99 Å². The number of thiazole rings is 1. The number of carbonyl (C=O) groups is 2. The lowest BCUT2D eigenvalue weighted by atomic mass is 9.95. The number of ether oxygens (including phenoxy) is 2. The van der Waals surface area contributed by atoms with Crippen molar-refractivity contribution in [1.82, 2.24) is 4.57 Å². The number of allylic oxidation sites excluding steroid dienone is 1. The van der Waals surface area contributed by atoms with Crippen LogP contribution in [-0.4, -0.2) is 30.7 Å². The number of aromatic nitrogens is 1. The number of methoxy groups -OCH3 is 2. The summed E-state index contributed by atoms with van der Waals surface area (Å²) in [6, 6.07) is 13.7. The van der Waals surface area contributed by atoms with Gasteiger partial charge in [-0.15, -0.1) is 0 Å². The van der Waals surface area contributed by atoms with Crippen LogP contribution in [0.15, 0.2) is 69.6 Å². The highest BCUT2D eigenvalue weighted by Gasteiger charge is 2.33. The van der Waals surface area contributed by atoms with Crippen molar-refractivity contribution in [1.29, 1.82) is 0 Å². The van der Waals surface area contributed by atoms with Gasteiger partial charge in [-0.25, -0.2) is 14.6 Å². The molecule has 0 amide bonds. The van der Waals surface area contributed by atoms with E-state index in [1.807, 2.05) is 37.3 Å². The average Bonchev–Trinajstić information content (AvgIpc) is 3.13. The van der Waals surface area contributed by atoms with Crippen LogP contribution >= 0.6 is 11.3 Å². The second-order valence-corrected chi connectivity index (χ2v) is 8.61. The summed E-state index contributed by atoms with van der Waals surface area (Å²) in [4.78, 5) is 43.1. The monoisotopic (exact) mass is 462 g/mol. The van der Waals surface area contributed by atoms with Gasteiger partial charge in [0.15, 0.2) is 4.80 Å². The Kier molecular flexibility index (Phi) is 6.11. The van der Waals surface area contributed by atoms with Gasteiger partial charge in [0.25, 0.3) is 5.56 Å². The van der Waals surface area contributed by atoms with Crippen LogP contribution < -0.4 is 14.9 Å². The molecule has 0 spiro atoms. The molecule has 1 aliphatic heterocycles. The molecule has 1 aromatic heterocycles. The second-order valence-electron chi connectivity index (χ2n) is 7.60. The first kappa shape index (κ1) is 22.4. The standard InChI is InChI=1S/C25H22N2O5S/c1-14-5-7-16(8-6-14)13-19-22(28)27-21(17-9-11-18(12-10-17)23(29)31-3)20(24(30)32-4)15(2)26-25(27)33-19/h5-13,21H,1-4H3/b19-13+/t21-/m0/s1. The maximum Gasteiger partial charge on any atom is 0.338 e. The number of esters is 2. The van der Waals surface area contributed by atoms with E-state index in [1.54, 1.807) is 31.2 Å². The zero-order valence-electron chi connectivity index (χ0n) is 18.6.